The minimum absolute atomic E-state index is 0.152. The van der Waals surface area contributed by atoms with Crippen molar-refractivity contribution in [1.29, 1.82) is 0 Å². The molecule has 1 saturated carbocycles. The van der Waals surface area contributed by atoms with Gasteiger partial charge in [-0.05, 0) is 62.1 Å². The van der Waals surface area contributed by atoms with Gasteiger partial charge in [0.25, 0.3) is 0 Å². The Morgan fingerprint density at radius 1 is 1.20 bits per heavy atom. The zero-order valence-electron chi connectivity index (χ0n) is 13.1. The third kappa shape index (κ3) is 4.90. The van der Waals surface area contributed by atoms with Gasteiger partial charge in [-0.3, -0.25) is 0 Å². The molecular weight excluding hydrogens is 249 g/mol. The quantitative estimate of drug-likeness (QED) is 0.786. The van der Waals surface area contributed by atoms with Crippen molar-refractivity contribution in [3.63, 3.8) is 0 Å². The average molecular weight is 277 g/mol. The van der Waals surface area contributed by atoms with Gasteiger partial charge in [0, 0.05) is 12.1 Å². The Labute approximate surface area is 123 Å². The van der Waals surface area contributed by atoms with Crippen molar-refractivity contribution in [2.75, 3.05) is 0 Å². The molecule has 0 aliphatic heterocycles. The SMILES string of the molecule is CC(Cc1ccc(F)cc1)NC1CCCC(C)(C)CC1. The third-order valence-corrected chi connectivity index (χ3v) is 4.55. The van der Waals surface area contributed by atoms with E-state index in [1.165, 1.54) is 37.7 Å². The van der Waals surface area contributed by atoms with Gasteiger partial charge >= 0.3 is 0 Å². The number of benzene rings is 1. The highest BCUT2D eigenvalue weighted by Gasteiger charge is 2.24. The lowest BCUT2D eigenvalue weighted by Crippen LogP contribution is -2.37. The predicted molar refractivity (Wildman–Crippen MR) is 83.4 cm³/mol. The molecule has 2 heteroatoms. The third-order valence-electron chi connectivity index (χ3n) is 4.55. The van der Waals surface area contributed by atoms with Crippen molar-refractivity contribution in [2.45, 2.75) is 71.4 Å². The molecule has 2 atom stereocenters. The van der Waals surface area contributed by atoms with Crippen LogP contribution in [-0.4, -0.2) is 12.1 Å². The van der Waals surface area contributed by atoms with Gasteiger partial charge in [0.2, 0.25) is 0 Å². The van der Waals surface area contributed by atoms with E-state index in [0.717, 1.165) is 6.42 Å². The van der Waals surface area contributed by atoms with Gasteiger partial charge in [-0.15, -0.1) is 0 Å². The second kappa shape index (κ2) is 6.71. The van der Waals surface area contributed by atoms with Crippen LogP contribution in [0.15, 0.2) is 24.3 Å². The summed E-state index contributed by atoms with van der Waals surface area (Å²) in [5.74, 6) is -0.152. The first-order chi connectivity index (χ1) is 9.44. The van der Waals surface area contributed by atoms with Crippen LogP contribution in [0.3, 0.4) is 0 Å². The minimum atomic E-state index is -0.152. The van der Waals surface area contributed by atoms with E-state index in [0.29, 0.717) is 17.5 Å². The molecule has 0 saturated heterocycles. The predicted octanol–water partition coefficient (Wildman–Crippen LogP) is 4.71. The molecule has 0 bridgehead atoms. The van der Waals surface area contributed by atoms with Crippen molar-refractivity contribution >= 4 is 0 Å². The highest BCUT2D eigenvalue weighted by molar-refractivity contribution is 5.17. The van der Waals surface area contributed by atoms with Crippen molar-refractivity contribution in [3.05, 3.63) is 35.6 Å². The van der Waals surface area contributed by atoms with Gasteiger partial charge in [-0.1, -0.05) is 32.4 Å². The summed E-state index contributed by atoms with van der Waals surface area (Å²) < 4.78 is 12.9. The normalized spacial score (nSPS) is 24.1. The molecule has 1 nitrogen and oxygen atoms in total. The van der Waals surface area contributed by atoms with Crippen LogP contribution in [0.5, 0.6) is 0 Å². The molecule has 1 fully saturated rings. The monoisotopic (exact) mass is 277 g/mol. The summed E-state index contributed by atoms with van der Waals surface area (Å²) >= 11 is 0. The Morgan fingerprint density at radius 2 is 1.90 bits per heavy atom. The topological polar surface area (TPSA) is 12.0 Å². The Kier molecular flexibility index (Phi) is 5.20. The Bertz CT molecular complexity index is 410. The van der Waals surface area contributed by atoms with Gasteiger partial charge < -0.3 is 5.32 Å². The largest absolute Gasteiger partial charge is 0.311 e. The van der Waals surface area contributed by atoms with Crippen LogP contribution in [0.4, 0.5) is 4.39 Å². The van der Waals surface area contributed by atoms with Crippen molar-refractivity contribution in [2.24, 2.45) is 5.41 Å². The first-order valence-corrected chi connectivity index (χ1v) is 7.95. The number of hydrogen-bond acceptors (Lipinski definition) is 1. The number of hydrogen-bond donors (Lipinski definition) is 1. The highest BCUT2D eigenvalue weighted by atomic mass is 19.1. The fraction of sp³-hybridized carbons (Fsp3) is 0.667. The van der Waals surface area contributed by atoms with E-state index in [4.69, 9.17) is 0 Å². The summed E-state index contributed by atoms with van der Waals surface area (Å²) in [5, 5.41) is 3.77. The van der Waals surface area contributed by atoms with Gasteiger partial charge in [0.05, 0.1) is 0 Å². The zero-order valence-corrected chi connectivity index (χ0v) is 13.1. The fourth-order valence-electron chi connectivity index (χ4n) is 3.26. The highest BCUT2D eigenvalue weighted by Crippen LogP contribution is 2.33. The molecule has 112 valence electrons. The van der Waals surface area contributed by atoms with Crippen LogP contribution in [0.1, 0.15) is 58.4 Å². The summed E-state index contributed by atoms with van der Waals surface area (Å²) in [7, 11) is 0. The lowest BCUT2D eigenvalue weighted by atomic mass is 9.85. The maximum Gasteiger partial charge on any atom is 0.123 e. The lowest BCUT2D eigenvalue weighted by Gasteiger charge is -2.24. The first kappa shape index (κ1) is 15.5. The van der Waals surface area contributed by atoms with Crippen molar-refractivity contribution < 1.29 is 4.39 Å². The summed E-state index contributed by atoms with van der Waals surface area (Å²) in [4.78, 5) is 0. The fourth-order valence-corrected chi connectivity index (χ4v) is 3.26. The molecule has 2 unspecified atom stereocenters. The van der Waals surface area contributed by atoms with E-state index < -0.39 is 0 Å². The number of nitrogens with one attached hydrogen (secondary N) is 1. The van der Waals surface area contributed by atoms with E-state index in [1.54, 1.807) is 12.1 Å². The van der Waals surface area contributed by atoms with E-state index in [1.807, 2.05) is 12.1 Å². The second-order valence-corrected chi connectivity index (χ2v) is 7.19. The lowest BCUT2D eigenvalue weighted by molar-refractivity contribution is 0.307. The molecule has 0 radical (unpaired) electrons. The molecule has 1 aromatic carbocycles. The van der Waals surface area contributed by atoms with Crippen LogP contribution >= 0.6 is 0 Å². The Morgan fingerprint density at radius 3 is 2.60 bits per heavy atom. The van der Waals surface area contributed by atoms with E-state index in [-0.39, 0.29) is 5.82 Å². The van der Waals surface area contributed by atoms with Crippen molar-refractivity contribution in [1.82, 2.24) is 5.32 Å². The van der Waals surface area contributed by atoms with Gasteiger partial charge in [0.15, 0.2) is 0 Å². The van der Waals surface area contributed by atoms with Crippen LogP contribution in [0.2, 0.25) is 0 Å². The maximum atomic E-state index is 12.9. The molecule has 20 heavy (non-hydrogen) atoms. The van der Waals surface area contributed by atoms with Crippen LogP contribution < -0.4 is 5.32 Å². The number of rotatable bonds is 4. The van der Waals surface area contributed by atoms with Crippen LogP contribution in [0.25, 0.3) is 0 Å². The Hall–Kier alpha value is -0.890. The summed E-state index contributed by atoms with van der Waals surface area (Å²) in [5.41, 5.74) is 1.72. The molecule has 2 rings (SSSR count). The van der Waals surface area contributed by atoms with Gasteiger partial charge in [-0.2, -0.15) is 0 Å². The first-order valence-electron chi connectivity index (χ1n) is 7.95. The van der Waals surface area contributed by atoms with Crippen LogP contribution in [-0.2, 0) is 6.42 Å². The van der Waals surface area contributed by atoms with E-state index in [2.05, 4.69) is 26.1 Å². The zero-order chi connectivity index (χ0) is 14.6. The maximum absolute atomic E-state index is 12.9. The molecule has 0 aromatic heterocycles. The van der Waals surface area contributed by atoms with Crippen molar-refractivity contribution in [3.8, 4) is 0 Å². The molecular formula is C18H28FN. The molecule has 1 aromatic rings. The summed E-state index contributed by atoms with van der Waals surface area (Å²) in [6, 6.07) is 7.98. The molecule has 0 spiro atoms. The Balaban J connectivity index is 1.82. The smallest absolute Gasteiger partial charge is 0.123 e. The molecule has 1 N–H and O–H groups in total. The molecule has 0 amide bonds. The second-order valence-electron chi connectivity index (χ2n) is 7.19. The van der Waals surface area contributed by atoms with E-state index in [9.17, 15) is 4.39 Å². The molecule has 1 aliphatic carbocycles. The summed E-state index contributed by atoms with van der Waals surface area (Å²) in [6.07, 6.45) is 7.53. The number of halogens is 1. The summed E-state index contributed by atoms with van der Waals surface area (Å²) in [6.45, 7) is 7.01. The van der Waals surface area contributed by atoms with Gasteiger partial charge in [0.1, 0.15) is 5.82 Å². The van der Waals surface area contributed by atoms with Crippen LogP contribution in [0, 0.1) is 11.2 Å². The minimum Gasteiger partial charge on any atom is -0.311 e. The molecule has 1 aliphatic rings. The average Bonchev–Trinajstić information content (AvgIpc) is 2.54. The standard InChI is InChI=1S/C18H28FN/c1-14(13-15-6-8-16(19)9-7-15)20-17-5-4-11-18(2,3)12-10-17/h6-9,14,17,20H,4-5,10-13H2,1-3H3. The molecule has 0 heterocycles. The van der Waals surface area contributed by atoms with Gasteiger partial charge in [-0.25, -0.2) is 4.39 Å². The van der Waals surface area contributed by atoms with E-state index >= 15 is 0 Å².